The standard InChI is InChI=1S/C16H16O3/c1-2-9-19-16(18)8-7-13-11-14(17)10-12-5-3-4-6-15(12)13/h3-8,10-11,17H,2,9H2,1H3. The summed E-state index contributed by atoms with van der Waals surface area (Å²) < 4.78 is 4.97. The van der Waals surface area contributed by atoms with Gasteiger partial charge in [-0.2, -0.15) is 0 Å². The number of rotatable bonds is 4. The molecule has 0 heterocycles. The number of carbonyl (C=O) groups is 1. The van der Waals surface area contributed by atoms with E-state index in [4.69, 9.17) is 4.74 Å². The Morgan fingerprint density at radius 3 is 2.89 bits per heavy atom. The summed E-state index contributed by atoms with van der Waals surface area (Å²) in [5, 5.41) is 11.6. The van der Waals surface area contributed by atoms with E-state index in [0.29, 0.717) is 6.61 Å². The molecule has 19 heavy (non-hydrogen) atoms. The van der Waals surface area contributed by atoms with Crippen molar-refractivity contribution >= 4 is 22.8 Å². The molecule has 0 atom stereocenters. The van der Waals surface area contributed by atoms with Gasteiger partial charge in [0.2, 0.25) is 0 Å². The van der Waals surface area contributed by atoms with E-state index in [-0.39, 0.29) is 11.7 Å². The molecule has 0 saturated carbocycles. The molecule has 0 unspecified atom stereocenters. The van der Waals surface area contributed by atoms with Crippen LogP contribution in [0.3, 0.4) is 0 Å². The number of esters is 1. The molecule has 0 aromatic heterocycles. The summed E-state index contributed by atoms with van der Waals surface area (Å²) in [6.07, 6.45) is 3.85. The Bertz CT molecular complexity index is 614. The van der Waals surface area contributed by atoms with Gasteiger partial charge in [0.05, 0.1) is 6.61 Å². The molecule has 0 radical (unpaired) electrons. The lowest BCUT2D eigenvalue weighted by Gasteiger charge is -2.04. The maximum Gasteiger partial charge on any atom is 0.330 e. The molecule has 3 heteroatoms. The second-order valence-electron chi connectivity index (χ2n) is 4.26. The number of ether oxygens (including phenoxy) is 1. The fourth-order valence-corrected chi connectivity index (χ4v) is 1.87. The zero-order valence-electron chi connectivity index (χ0n) is 10.8. The van der Waals surface area contributed by atoms with Gasteiger partial charge in [0.15, 0.2) is 0 Å². The predicted octanol–water partition coefficient (Wildman–Crippen LogP) is 3.51. The highest BCUT2D eigenvalue weighted by molar-refractivity contribution is 5.95. The van der Waals surface area contributed by atoms with Crippen molar-refractivity contribution < 1.29 is 14.6 Å². The van der Waals surface area contributed by atoms with Crippen LogP contribution in [0.4, 0.5) is 0 Å². The molecule has 0 aliphatic heterocycles. The minimum Gasteiger partial charge on any atom is -0.508 e. The van der Waals surface area contributed by atoms with Gasteiger partial charge in [0.25, 0.3) is 0 Å². The highest BCUT2D eigenvalue weighted by atomic mass is 16.5. The van der Waals surface area contributed by atoms with Gasteiger partial charge in [0, 0.05) is 6.08 Å². The van der Waals surface area contributed by atoms with E-state index >= 15 is 0 Å². The fraction of sp³-hybridized carbons (Fsp3) is 0.188. The Balaban J connectivity index is 2.29. The predicted molar refractivity (Wildman–Crippen MR) is 75.9 cm³/mol. The number of aromatic hydroxyl groups is 1. The molecule has 98 valence electrons. The summed E-state index contributed by atoms with van der Waals surface area (Å²) in [6, 6.07) is 11.0. The highest BCUT2D eigenvalue weighted by Gasteiger charge is 2.02. The molecule has 1 N–H and O–H groups in total. The Kier molecular flexibility index (Phi) is 4.18. The molecule has 0 amide bonds. The Hall–Kier alpha value is -2.29. The van der Waals surface area contributed by atoms with Crippen molar-refractivity contribution in [1.29, 1.82) is 0 Å². The Morgan fingerprint density at radius 2 is 2.11 bits per heavy atom. The topological polar surface area (TPSA) is 46.5 Å². The van der Waals surface area contributed by atoms with Crippen LogP contribution in [-0.2, 0) is 9.53 Å². The van der Waals surface area contributed by atoms with E-state index in [9.17, 15) is 9.90 Å². The van der Waals surface area contributed by atoms with Crippen molar-refractivity contribution in [1.82, 2.24) is 0 Å². The molecular weight excluding hydrogens is 240 g/mol. The molecule has 0 aliphatic carbocycles. The van der Waals surface area contributed by atoms with Gasteiger partial charge in [-0.25, -0.2) is 4.79 Å². The van der Waals surface area contributed by atoms with Gasteiger partial charge < -0.3 is 9.84 Å². The highest BCUT2D eigenvalue weighted by Crippen LogP contribution is 2.25. The number of fused-ring (bicyclic) bond motifs is 1. The Morgan fingerprint density at radius 1 is 1.32 bits per heavy atom. The summed E-state index contributed by atoms with van der Waals surface area (Å²) in [5.41, 5.74) is 0.795. The summed E-state index contributed by atoms with van der Waals surface area (Å²) >= 11 is 0. The summed E-state index contributed by atoms with van der Waals surface area (Å²) in [6.45, 7) is 2.36. The van der Waals surface area contributed by atoms with Crippen LogP contribution in [0.5, 0.6) is 5.75 Å². The van der Waals surface area contributed by atoms with Crippen LogP contribution >= 0.6 is 0 Å². The number of phenolic OH excluding ortho intramolecular Hbond substituents is 1. The normalized spacial score (nSPS) is 11.0. The smallest absolute Gasteiger partial charge is 0.330 e. The van der Waals surface area contributed by atoms with Crippen LogP contribution in [0, 0.1) is 0 Å². The van der Waals surface area contributed by atoms with E-state index in [1.165, 1.54) is 6.08 Å². The van der Waals surface area contributed by atoms with Crippen LogP contribution in [-0.4, -0.2) is 17.7 Å². The van der Waals surface area contributed by atoms with E-state index in [1.807, 2.05) is 31.2 Å². The van der Waals surface area contributed by atoms with Crippen molar-refractivity contribution in [3.63, 3.8) is 0 Å². The first kappa shape index (κ1) is 13.1. The molecule has 0 saturated heterocycles. The zero-order valence-corrected chi connectivity index (χ0v) is 10.8. The third-order valence-electron chi connectivity index (χ3n) is 2.73. The van der Waals surface area contributed by atoms with E-state index in [1.54, 1.807) is 18.2 Å². The van der Waals surface area contributed by atoms with Gasteiger partial charge in [0.1, 0.15) is 5.75 Å². The largest absolute Gasteiger partial charge is 0.508 e. The van der Waals surface area contributed by atoms with Crippen LogP contribution in [0.15, 0.2) is 42.5 Å². The van der Waals surface area contributed by atoms with Crippen LogP contribution in [0.2, 0.25) is 0 Å². The molecule has 0 fully saturated rings. The number of phenols is 1. The van der Waals surface area contributed by atoms with Crippen molar-refractivity contribution in [3.8, 4) is 5.75 Å². The van der Waals surface area contributed by atoms with Crippen LogP contribution in [0.1, 0.15) is 18.9 Å². The Labute approximate surface area is 112 Å². The second-order valence-corrected chi connectivity index (χ2v) is 4.26. The van der Waals surface area contributed by atoms with Crippen molar-refractivity contribution in [2.75, 3.05) is 6.61 Å². The third-order valence-corrected chi connectivity index (χ3v) is 2.73. The lowest BCUT2D eigenvalue weighted by atomic mass is 10.0. The maximum absolute atomic E-state index is 11.4. The molecule has 0 bridgehead atoms. The lowest BCUT2D eigenvalue weighted by molar-refractivity contribution is -0.137. The monoisotopic (exact) mass is 256 g/mol. The first-order chi connectivity index (χ1) is 9.20. The minimum atomic E-state index is -0.366. The fourth-order valence-electron chi connectivity index (χ4n) is 1.87. The maximum atomic E-state index is 11.4. The number of carbonyl (C=O) groups excluding carboxylic acids is 1. The van der Waals surface area contributed by atoms with Crippen molar-refractivity contribution in [2.24, 2.45) is 0 Å². The SMILES string of the molecule is CCCOC(=O)C=Cc1cc(O)cc2ccccc12. The molecule has 0 aliphatic rings. The summed E-state index contributed by atoms with van der Waals surface area (Å²) in [7, 11) is 0. The third kappa shape index (κ3) is 3.35. The average molecular weight is 256 g/mol. The quantitative estimate of drug-likeness (QED) is 0.672. The first-order valence-electron chi connectivity index (χ1n) is 6.27. The zero-order chi connectivity index (χ0) is 13.7. The van der Waals surface area contributed by atoms with Gasteiger partial charge in [-0.15, -0.1) is 0 Å². The van der Waals surface area contributed by atoms with Gasteiger partial charge in [-0.3, -0.25) is 0 Å². The van der Waals surface area contributed by atoms with Crippen molar-refractivity contribution in [2.45, 2.75) is 13.3 Å². The number of hydrogen-bond donors (Lipinski definition) is 1. The van der Waals surface area contributed by atoms with Gasteiger partial charge in [-0.1, -0.05) is 31.2 Å². The summed E-state index contributed by atoms with van der Waals surface area (Å²) in [4.78, 5) is 11.4. The van der Waals surface area contributed by atoms with Crippen LogP contribution in [0.25, 0.3) is 16.8 Å². The van der Waals surface area contributed by atoms with E-state index in [0.717, 1.165) is 22.8 Å². The van der Waals surface area contributed by atoms with Crippen LogP contribution < -0.4 is 0 Å². The molecule has 2 aromatic carbocycles. The van der Waals surface area contributed by atoms with Crippen molar-refractivity contribution in [3.05, 3.63) is 48.0 Å². The lowest BCUT2D eigenvalue weighted by Crippen LogP contribution is -2.00. The van der Waals surface area contributed by atoms with E-state index in [2.05, 4.69) is 0 Å². The van der Waals surface area contributed by atoms with E-state index < -0.39 is 0 Å². The average Bonchev–Trinajstić information content (AvgIpc) is 2.42. The van der Waals surface area contributed by atoms with Gasteiger partial charge >= 0.3 is 5.97 Å². The molecular formula is C16H16O3. The molecule has 2 rings (SSSR count). The minimum absolute atomic E-state index is 0.181. The number of benzene rings is 2. The second kappa shape index (κ2) is 6.05. The molecule has 0 spiro atoms. The number of hydrogen-bond acceptors (Lipinski definition) is 3. The first-order valence-corrected chi connectivity index (χ1v) is 6.27. The molecule has 2 aromatic rings. The molecule has 3 nitrogen and oxygen atoms in total. The van der Waals surface area contributed by atoms with Gasteiger partial charge in [-0.05, 0) is 41.0 Å². The summed E-state index contributed by atoms with van der Waals surface area (Å²) in [5.74, 6) is -0.186.